The summed E-state index contributed by atoms with van der Waals surface area (Å²) in [7, 11) is -3.60. The molecular weight excluding hydrogens is 367 g/mol. The minimum absolute atomic E-state index is 0.0715. The Balaban J connectivity index is 1.52. The van der Waals surface area contributed by atoms with Gasteiger partial charge in [-0.05, 0) is 62.6 Å². The van der Waals surface area contributed by atoms with Gasteiger partial charge in [0.2, 0.25) is 10.0 Å². The van der Waals surface area contributed by atoms with Crippen molar-refractivity contribution in [3.63, 3.8) is 0 Å². The summed E-state index contributed by atoms with van der Waals surface area (Å²) in [6.45, 7) is 4.57. The number of hydrogen-bond donors (Lipinski definition) is 0. The molecule has 1 spiro atoms. The first-order valence-corrected chi connectivity index (χ1v) is 10.6. The van der Waals surface area contributed by atoms with Gasteiger partial charge in [0.25, 0.3) is 0 Å². The predicted molar refractivity (Wildman–Crippen MR) is 100 cm³/mol. The lowest BCUT2D eigenvalue weighted by Crippen LogP contribution is -2.45. The number of piperidine rings is 1. The lowest BCUT2D eigenvalue weighted by Gasteiger charge is -2.40. The van der Waals surface area contributed by atoms with E-state index in [2.05, 4.69) is 15.1 Å². The molecule has 27 heavy (non-hydrogen) atoms. The molecule has 4 rings (SSSR count). The van der Waals surface area contributed by atoms with Crippen molar-refractivity contribution in [3.05, 3.63) is 47.9 Å². The highest BCUT2D eigenvalue weighted by Crippen LogP contribution is 2.41. The summed E-state index contributed by atoms with van der Waals surface area (Å²) in [5.74, 6) is 0.411. The zero-order valence-corrected chi connectivity index (χ0v) is 16.1. The van der Waals surface area contributed by atoms with Crippen molar-refractivity contribution in [1.82, 2.24) is 14.5 Å². The molecule has 0 unspecified atom stereocenters. The van der Waals surface area contributed by atoms with Crippen molar-refractivity contribution < 1.29 is 12.8 Å². The van der Waals surface area contributed by atoms with E-state index < -0.39 is 15.8 Å². The molecular formula is C19H23FN4O2S. The monoisotopic (exact) mass is 390 g/mol. The third-order valence-corrected chi connectivity index (χ3v) is 7.48. The number of aromatic nitrogens is 2. The summed E-state index contributed by atoms with van der Waals surface area (Å²) >= 11 is 0. The van der Waals surface area contributed by atoms with Crippen LogP contribution in [0.25, 0.3) is 0 Å². The Bertz CT molecular complexity index is 918. The predicted octanol–water partition coefficient (Wildman–Crippen LogP) is 2.61. The number of nitrogens with zero attached hydrogens (tertiary/aromatic N) is 4. The van der Waals surface area contributed by atoms with Crippen LogP contribution in [-0.4, -0.2) is 49.1 Å². The quantitative estimate of drug-likeness (QED) is 0.806. The summed E-state index contributed by atoms with van der Waals surface area (Å²) in [5, 5.41) is 8.43. The molecule has 0 radical (unpaired) electrons. The van der Waals surface area contributed by atoms with E-state index >= 15 is 0 Å². The Morgan fingerprint density at radius 1 is 1.00 bits per heavy atom. The lowest BCUT2D eigenvalue weighted by atomic mass is 9.79. The number of sulfonamides is 1. The molecule has 2 saturated heterocycles. The molecule has 0 N–H and O–H groups in total. The summed E-state index contributed by atoms with van der Waals surface area (Å²) < 4.78 is 40.5. The van der Waals surface area contributed by atoms with E-state index in [-0.39, 0.29) is 10.3 Å². The maximum absolute atomic E-state index is 13.1. The minimum Gasteiger partial charge on any atom is -0.355 e. The summed E-state index contributed by atoms with van der Waals surface area (Å²) in [4.78, 5) is 2.36. The van der Waals surface area contributed by atoms with Crippen molar-refractivity contribution in [3.8, 4) is 0 Å². The van der Waals surface area contributed by atoms with Crippen LogP contribution in [0.5, 0.6) is 0 Å². The first kappa shape index (κ1) is 18.3. The zero-order valence-electron chi connectivity index (χ0n) is 15.3. The van der Waals surface area contributed by atoms with Gasteiger partial charge in [0.1, 0.15) is 5.82 Å². The van der Waals surface area contributed by atoms with Crippen LogP contribution in [0.3, 0.4) is 0 Å². The summed E-state index contributed by atoms with van der Waals surface area (Å²) in [5.41, 5.74) is 0.806. The molecule has 2 fully saturated rings. The average molecular weight is 390 g/mol. The van der Waals surface area contributed by atoms with Gasteiger partial charge in [0.15, 0.2) is 5.82 Å². The molecule has 0 saturated carbocycles. The molecule has 0 amide bonds. The molecule has 8 heteroatoms. The number of anilines is 1. The van der Waals surface area contributed by atoms with E-state index in [4.69, 9.17) is 0 Å². The molecule has 3 heterocycles. The van der Waals surface area contributed by atoms with E-state index in [0.717, 1.165) is 43.9 Å². The van der Waals surface area contributed by atoms with Gasteiger partial charge in [-0.2, -0.15) is 9.40 Å². The Hall–Kier alpha value is -2.06. The third-order valence-electron chi connectivity index (χ3n) is 5.62. The van der Waals surface area contributed by atoms with Crippen LogP contribution in [0, 0.1) is 18.2 Å². The molecule has 2 aliphatic heterocycles. The summed E-state index contributed by atoms with van der Waals surface area (Å²) in [6, 6.07) is 8.98. The Labute approximate surface area is 159 Å². The van der Waals surface area contributed by atoms with Crippen LogP contribution in [0.1, 0.15) is 25.0 Å². The van der Waals surface area contributed by atoms with Crippen molar-refractivity contribution in [2.45, 2.75) is 31.1 Å². The van der Waals surface area contributed by atoms with Gasteiger partial charge in [-0.25, -0.2) is 12.8 Å². The number of hydrogen-bond acceptors (Lipinski definition) is 5. The fourth-order valence-electron chi connectivity index (χ4n) is 4.15. The molecule has 1 aromatic carbocycles. The molecule has 0 aliphatic carbocycles. The zero-order chi connectivity index (χ0) is 19.1. The van der Waals surface area contributed by atoms with Gasteiger partial charge in [-0.1, -0.05) is 0 Å². The van der Waals surface area contributed by atoms with Crippen molar-refractivity contribution in [2.24, 2.45) is 5.41 Å². The van der Waals surface area contributed by atoms with Gasteiger partial charge < -0.3 is 4.90 Å². The van der Waals surface area contributed by atoms with Gasteiger partial charge in [-0.15, -0.1) is 5.10 Å². The molecule has 1 atom stereocenters. The van der Waals surface area contributed by atoms with Gasteiger partial charge >= 0.3 is 0 Å². The van der Waals surface area contributed by atoms with Crippen LogP contribution < -0.4 is 4.90 Å². The van der Waals surface area contributed by atoms with Gasteiger partial charge in [0.05, 0.1) is 10.6 Å². The second kappa shape index (κ2) is 6.83. The van der Waals surface area contributed by atoms with E-state index in [1.54, 1.807) is 4.31 Å². The van der Waals surface area contributed by atoms with Crippen LogP contribution in [0.2, 0.25) is 0 Å². The Kier molecular flexibility index (Phi) is 4.63. The Morgan fingerprint density at radius 2 is 1.78 bits per heavy atom. The molecule has 1 aromatic heterocycles. The fourth-order valence-corrected chi connectivity index (χ4v) is 5.71. The normalized spacial score (nSPS) is 23.9. The lowest BCUT2D eigenvalue weighted by molar-refractivity contribution is 0.246. The highest BCUT2D eigenvalue weighted by Gasteiger charge is 2.45. The minimum atomic E-state index is -3.60. The van der Waals surface area contributed by atoms with Gasteiger partial charge in [0, 0.05) is 31.6 Å². The molecule has 6 nitrogen and oxygen atoms in total. The third kappa shape index (κ3) is 3.55. The second-order valence-electron chi connectivity index (χ2n) is 7.60. The smallest absolute Gasteiger partial charge is 0.243 e. The van der Waals surface area contributed by atoms with Crippen molar-refractivity contribution >= 4 is 15.8 Å². The largest absolute Gasteiger partial charge is 0.355 e. The summed E-state index contributed by atoms with van der Waals surface area (Å²) in [6.07, 6.45) is 2.82. The number of benzene rings is 1. The average Bonchev–Trinajstić information content (AvgIpc) is 3.07. The SMILES string of the molecule is Cc1ccc(N2CCC[C@]3(CCN(S(=O)(=O)c4ccc(F)cc4)C3)C2)nn1. The van der Waals surface area contributed by atoms with Crippen molar-refractivity contribution in [2.75, 3.05) is 31.1 Å². The first-order valence-electron chi connectivity index (χ1n) is 9.19. The van der Waals surface area contributed by atoms with E-state index in [1.165, 1.54) is 24.3 Å². The van der Waals surface area contributed by atoms with Crippen LogP contribution in [0.15, 0.2) is 41.3 Å². The van der Waals surface area contributed by atoms with Crippen LogP contribution in [0.4, 0.5) is 10.2 Å². The first-order chi connectivity index (χ1) is 12.9. The van der Waals surface area contributed by atoms with Crippen LogP contribution >= 0.6 is 0 Å². The number of aryl methyl sites for hydroxylation is 1. The molecule has 2 aliphatic rings. The number of halogens is 1. The second-order valence-corrected chi connectivity index (χ2v) is 9.54. The maximum atomic E-state index is 13.1. The van der Waals surface area contributed by atoms with Crippen LogP contribution in [-0.2, 0) is 10.0 Å². The molecule has 2 aromatic rings. The highest BCUT2D eigenvalue weighted by molar-refractivity contribution is 7.89. The van der Waals surface area contributed by atoms with Gasteiger partial charge in [-0.3, -0.25) is 0 Å². The number of rotatable bonds is 3. The Morgan fingerprint density at radius 3 is 2.48 bits per heavy atom. The molecule has 144 valence electrons. The van der Waals surface area contributed by atoms with Crippen molar-refractivity contribution in [1.29, 1.82) is 0 Å². The van der Waals surface area contributed by atoms with E-state index in [9.17, 15) is 12.8 Å². The highest BCUT2D eigenvalue weighted by atomic mass is 32.2. The standard InChI is InChI=1S/C19H23FN4O2S/c1-15-3-8-18(22-21-15)23-11-2-9-19(13-23)10-12-24(14-19)27(25,26)17-6-4-16(20)5-7-17/h3-8H,2,9-14H2,1H3/t19-/m0/s1. The van der Waals surface area contributed by atoms with E-state index in [0.29, 0.717) is 13.1 Å². The molecule has 0 bridgehead atoms. The fraction of sp³-hybridized carbons (Fsp3) is 0.474. The maximum Gasteiger partial charge on any atom is 0.243 e. The topological polar surface area (TPSA) is 66.4 Å². The van der Waals surface area contributed by atoms with E-state index in [1.807, 2.05) is 19.1 Å².